The molecule has 0 aromatic heterocycles. The first-order chi connectivity index (χ1) is 11.1. The highest BCUT2D eigenvalue weighted by molar-refractivity contribution is 7.53. The van der Waals surface area contributed by atoms with Crippen LogP contribution in [0.1, 0.15) is 46.5 Å². The number of esters is 1. The first-order valence-corrected chi connectivity index (χ1v) is 9.87. The zero-order chi connectivity index (χ0) is 17.1. The van der Waals surface area contributed by atoms with Crippen LogP contribution in [0.25, 0.3) is 0 Å². The largest absolute Gasteiger partial charge is 0.489 e. The second kappa shape index (κ2) is 11.2. The maximum absolute atomic E-state index is 12.6. The summed E-state index contributed by atoms with van der Waals surface area (Å²) < 4.78 is 23.5. The molecule has 0 aliphatic carbocycles. The summed E-state index contributed by atoms with van der Waals surface area (Å²) in [6.45, 7) is 6.96. The molecule has 0 aliphatic heterocycles. The molecule has 0 fully saturated rings. The lowest BCUT2D eigenvalue weighted by molar-refractivity contribution is -0.147. The van der Waals surface area contributed by atoms with Crippen molar-refractivity contribution in [3.8, 4) is 5.75 Å². The topological polar surface area (TPSA) is 52.6 Å². The fraction of sp³-hybridized carbons (Fsp3) is 0.611. The van der Waals surface area contributed by atoms with Crippen molar-refractivity contribution in [1.82, 2.24) is 0 Å². The van der Waals surface area contributed by atoms with E-state index in [1.807, 2.05) is 31.2 Å². The van der Waals surface area contributed by atoms with Crippen molar-refractivity contribution in [2.75, 3.05) is 19.4 Å². The van der Waals surface area contributed by atoms with Crippen LogP contribution in [0.2, 0.25) is 0 Å². The van der Waals surface area contributed by atoms with Gasteiger partial charge in [0.15, 0.2) is 11.9 Å². The Balaban J connectivity index is 2.61. The number of carbonyl (C=O) groups is 1. The van der Waals surface area contributed by atoms with Gasteiger partial charge in [0.1, 0.15) is 0 Å². The molecule has 1 rings (SSSR count). The van der Waals surface area contributed by atoms with Crippen LogP contribution >= 0.6 is 7.80 Å². The van der Waals surface area contributed by atoms with Crippen LogP contribution in [0.4, 0.5) is 0 Å². The minimum atomic E-state index is -1.68. The monoisotopic (exact) mass is 339 g/mol. The summed E-state index contributed by atoms with van der Waals surface area (Å²) >= 11 is 0. The van der Waals surface area contributed by atoms with Gasteiger partial charge in [-0.2, -0.15) is 0 Å². The van der Waals surface area contributed by atoms with E-state index < -0.39 is 7.80 Å². The van der Waals surface area contributed by atoms with E-state index in [4.69, 9.17) is 9.47 Å². The van der Waals surface area contributed by atoms with Crippen molar-refractivity contribution in [2.45, 2.75) is 46.5 Å². The number of para-hydroxylation sites is 1. The minimum absolute atomic E-state index is 0.272. The van der Waals surface area contributed by atoms with Crippen LogP contribution in [0.3, 0.4) is 0 Å². The molecule has 0 heterocycles. The summed E-state index contributed by atoms with van der Waals surface area (Å²) in [5.74, 6) is 0.0129. The normalized spacial score (nSPS) is 12.6. The molecule has 128 valence electrons. The summed E-state index contributed by atoms with van der Waals surface area (Å²) in [6, 6.07) is 7.37. The molecular formula is C18H28O4P+. The molecule has 0 spiro atoms. The minimum Gasteiger partial charge on any atom is -0.489 e. The van der Waals surface area contributed by atoms with Crippen molar-refractivity contribution in [1.29, 1.82) is 0 Å². The fourth-order valence-electron chi connectivity index (χ4n) is 1.99. The molecule has 0 saturated carbocycles. The second-order valence-corrected chi connectivity index (χ2v) is 7.26. The standard InChI is InChI=1S/C18H28O4P/c1-4-6-12-21-16-10-8-9-11-17(16)23(20)14-15(3)18(19)22-13-7-5-2/h8-11,15H,4-7,12-14H2,1-3H3/q+1. The molecule has 2 unspecified atom stereocenters. The van der Waals surface area contributed by atoms with Crippen LogP contribution in [-0.4, -0.2) is 25.3 Å². The lowest BCUT2D eigenvalue weighted by Gasteiger charge is -2.08. The van der Waals surface area contributed by atoms with Gasteiger partial charge in [-0.1, -0.05) is 43.4 Å². The van der Waals surface area contributed by atoms with Gasteiger partial charge in [0, 0.05) is 0 Å². The molecule has 0 aliphatic rings. The van der Waals surface area contributed by atoms with Crippen LogP contribution in [0.15, 0.2) is 24.3 Å². The quantitative estimate of drug-likeness (QED) is 0.343. The molecule has 4 nitrogen and oxygen atoms in total. The van der Waals surface area contributed by atoms with Crippen molar-refractivity contribution in [2.24, 2.45) is 5.92 Å². The Morgan fingerprint density at radius 3 is 2.48 bits per heavy atom. The third kappa shape index (κ3) is 7.13. The fourth-order valence-corrected chi connectivity index (χ4v) is 3.47. The summed E-state index contributed by atoms with van der Waals surface area (Å²) in [4.78, 5) is 11.9. The van der Waals surface area contributed by atoms with Gasteiger partial charge in [-0.15, -0.1) is 0 Å². The lowest BCUT2D eigenvalue weighted by atomic mass is 10.2. The van der Waals surface area contributed by atoms with E-state index in [0.717, 1.165) is 25.7 Å². The van der Waals surface area contributed by atoms with E-state index in [1.165, 1.54) is 0 Å². The Morgan fingerprint density at radius 2 is 1.78 bits per heavy atom. The van der Waals surface area contributed by atoms with Crippen molar-refractivity contribution in [3.63, 3.8) is 0 Å². The Hall–Kier alpha value is -1.41. The first kappa shape index (κ1) is 19.6. The van der Waals surface area contributed by atoms with Gasteiger partial charge in [0.25, 0.3) is 0 Å². The maximum Gasteiger partial charge on any atom is 0.381 e. The van der Waals surface area contributed by atoms with Gasteiger partial charge in [-0.05, 0) is 31.9 Å². The van der Waals surface area contributed by atoms with Crippen LogP contribution < -0.4 is 10.0 Å². The van der Waals surface area contributed by atoms with E-state index >= 15 is 0 Å². The van der Waals surface area contributed by atoms with Gasteiger partial charge < -0.3 is 9.47 Å². The maximum atomic E-state index is 12.6. The number of hydrogen-bond donors (Lipinski definition) is 0. The molecule has 2 atom stereocenters. The summed E-state index contributed by atoms with van der Waals surface area (Å²) in [5.41, 5.74) is 0. The average molecular weight is 339 g/mol. The van der Waals surface area contributed by atoms with Crippen LogP contribution in [0, 0.1) is 5.92 Å². The molecule has 23 heavy (non-hydrogen) atoms. The van der Waals surface area contributed by atoms with E-state index in [1.54, 1.807) is 6.92 Å². The smallest absolute Gasteiger partial charge is 0.381 e. The van der Waals surface area contributed by atoms with E-state index in [2.05, 4.69) is 6.92 Å². The molecule has 1 aromatic rings. The third-order valence-electron chi connectivity index (χ3n) is 3.47. The first-order valence-electron chi connectivity index (χ1n) is 8.43. The molecule has 5 heteroatoms. The second-order valence-electron chi connectivity index (χ2n) is 5.65. The summed E-state index contributed by atoms with van der Waals surface area (Å²) in [5, 5.41) is 0.687. The van der Waals surface area contributed by atoms with Crippen molar-refractivity contribution >= 4 is 19.1 Å². The van der Waals surface area contributed by atoms with Crippen molar-refractivity contribution in [3.05, 3.63) is 24.3 Å². The average Bonchev–Trinajstić information content (AvgIpc) is 2.55. The zero-order valence-corrected chi connectivity index (χ0v) is 15.3. The van der Waals surface area contributed by atoms with E-state index in [-0.39, 0.29) is 18.0 Å². The SMILES string of the molecule is CCCCOC(=O)C(C)C[P+](=O)c1ccccc1OCCCC. The molecule has 0 N–H and O–H groups in total. The Bertz CT molecular complexity index is 502. The third-order valence-corrected chi connectivity index (χ3v) is 5.26. The number of benzene rings is 1. The molecular weight excluding hydrogens is 311 g/mol. The number of hydrogen-bond acceptors (Lipinski definition) is 4. The van der Waals surface area contributed by atoms with Crippen LogP contribution in [0.5, 0.6) is 5.75 Å². The number of carbonyl (C=O) groups excluding carboxylic acids is 1. The van der Waals surface area contributed by atoms with Gasteiger partial charge in [-0.3, -0.25) is 4.79 Å². The number of ether oxygens (including phenoxy) is 2. The molecule has 1 aromatic carbocycles. The predicted octanol–water partition coefficient (Wildman–Crippen LogP) is 4.30. The van der Waals surface area contributed by atoms with Crippen LogP contribution in [-0.2, 0) is 14.1 Å². The van der Waals surface area contributed by atoms with Gasteiger partial charge >= 0.3 is 13.8 Å². The number of rotatable bonds is 11. The van der Waals surface area contributed by atoms with E-state index in [9.17, 15) is 9.36 Å². The predicted molar refractivity (Wildman–Crippen MR) is 94.0 cm³/mol. The summed E-state index contributed by atoms with van der Waals surface area (Å²) in [7, 11) is -1.68. The van der Waals surface area contributed by atoms with Gasteiger partial charge in [0.05, 0.1) is 19.1 Å². The van der Waals surface area contributed by atoms with E-state index in [0.29, 0.717) is 24.3 Å². The lowest BCUT2D eigenvalue weighted by Crippen LogP contribution is -2.19. The van der Waals surface area contributed by atoms with Gasteiger partial charge in [-0.25, -0.2) is 0 Å². The summed E-state index contributed by atoms with van der Waals surface area (Å²) in [6.07, 6.45) is 4.14. The Labute approximate surface area is 140 Å². The Kier molecular flexibility index (Phi) is 9.54. The van der Waals surface area contributed by atoms with Crippen molar-refractivity contribution < 1.29 is 18.8 Å². The Morgan fingerprint density at radius 1 is 1.13 bits per heavy atom. The molecule has 0 saturated heterocycles. The highest BCUT2D eigenvalue weighted by atomic mass is 31.1. The molecule has 0 amide bonds. The molecule has 0 bridgehead atoms. The highest BCUT2D eigenvalue weighted by Gasteiger charge is 2.31. The van der Waals surface area contributed by atoms with Gasteiger partial charge in [0.2, 0.25) is 5.30 Å². The number of unbranched alkanes of at least 4 members (excludes halogenated alkanes) is 2. The molecule has 0 radical (unpaired) electrons. The zero-order valence-electron chi connectivity index (χ0n) is 14.4. The highest BCUT2D eigenvalue weighted by Crippen LogP contribution is 2.29.